The minimum atomic E-state index is -0.408. The Morgan fingerprint density at radius 1 is 1.42 bits per heavy atom. The molecule has 0 amide bonds. The number of alkyl halides is 1. The third-order valence-corrected chi connectivity index (χ3v) is 3.66. The molecule has 1 radical (unpaired) electrons. The molecule has 0 heterocycles. The summed E-state index contributed by atoms with van der Waals surface area (Å²) in [4.78, 5) is 0. The smallest absolute Gasteiger partial charge is 0.0998 e. The molecule has 0 aliphatic heterocycles. The Balaban J connectivity index is 3.07. The van der Waals surface area contributed by atoms with E-state index in [-0.39, 0.29) is 0 Å². The van der Waals surface area contributed by atoms with Crippen LogP contribution < -0.4 is 0 Å². The molecule has 0 saturated heterocycles. The second-order valence-electron chi connectivity index (χ2n) is 2.52. The van der Waals surface area contributed by atoms with Gasteiger partial charge in [0, 0.05) is 14.9 Å². The SMILES string of the molecule is C[C](CF)c1cccc(Br)c1Br. The molecular formula is C9H8Br2F. The lowest BCUT2D eigenvalue weighted by atomic mass is 10.0. The van der Waals surface area contributed by atoms with Gasteiger partial charge in [-0.25, -0.2) is 0 Å². The third-order valence-electron chi connectivity index (χ3n) is 1.61. The molecule has 0 nitrogen and oxygen atoms in total. The highest BCUT2D eigenvalue weighted by molar-refractivity contribution is 9.13. The Morgan fingerprint density at radius 3 is 2.67 bits per heavy atom. The lowest BCUT2D eigenvalue weighted by Crippen LogP contribution is -1.97. The van der Waals surface area contributed by atoms with E-state index >= 15 is 0 Å². The molecular weight excluding hydrogens is 287 g/mol. The maximum Gasteiger partial charge on any atom is 0.0998 e. The highest BCUT2D eigenvalue weighted by Gasteiger charge is 2.10. The first-order chi connectivity index (χ1) is 5.66. The molecule has 0 aromatic heterocycles. The molecule has 65 valence electrons. The van der Waals surface area contributed by atoms with Gasteiger partial charge in [0.1, 0.15) is 0 Å². The van der Waals surface area contributed by atoms with Crippen molar-refractivity contribution in [2.24, 2.45) is 0 Å². The van der Waals surface area contributed by atoms with Crippen LogP contribution in [0, 0.1) is 5.92 Å². The molecule has 0 saturated carbocycles. The van der Waals surface area contributed by atoms with Crippen molar-refractivity contribution in [1.82, 2.24) is 0 Å². The van der Waals surface area contributed by atoms with E-state index in [0.717, 1.165) is 20.4 Å². The van der Waals surface area contributed by atoms with Crippen molar-refractivity contribution in [2.45, 2.75) is 6.92 Å². The molecule has 0 unspecified atom stereocenters. The fraction of sp³-hybridized carbons (Fsp3) is 0.222. The van der Waals surface area contributed by atoms with Gasteiger partial charge in [-0.3, -0.25) is 4.39 Å². The number of hydrogen-bond donors (Lipinski definition) is 0. The van der Waals surface area contributed by atoms with Crippen LogP contribution in [0.25, 0.3) is 0 Å². The highest BCUT2D eigenvalue weighted by Crippen LogP contribution is 2.30. The zero-order valence-corrected chi connectivity index (χ0v) is 9.75. The summed E-state index contributed by atoms with van der Waals surface area (Å²) in [6.45, 7) is 1.38. The van der Waals surface area contributed by atoms with Crippen molar-refractivity contribution < 1.29 is 4.39 Å². The van der Waals surface area contributed by atoms with Gasteiger partial charge in [0.2, 0.25) is 0 Å². The fourth-order valence-corrected chi connectivity index (χ4v) is 1.87. The summed E-state index contributed by atoms with van der Waals surface area (Å²) in [6, 6.07) is 5.70. The Morgan fingerprint density at radius 2 is 2.08 bits per heavy atom. The summed E-state index contributed by atoms with van der Waals surface area (Å²) in [6.07, 6.45) is 0. The van der Waals surface area contributed by atoms with Crippen LogP contribution in [-0.2, 0) is 0 Å². The van der Waals surface area contributed by atoms with Crippen molar-refractivity contribution in [3.8, 4) is 0 Å². The molecule has 12 heavy (non-hydrogen) atoms. The third kappa shape index (κ3) is 2.07. The van der Waals surface area contributed by atoms with Gasteiger partial charge in [0.05, 0.1) is 6.67 Å². The molecule has 0 fully saturated rings. The summed E-state index contributed by atoms with van der Waals surface area (Å²) in [7, 11) is 0. The lowest BCUT2D eigenvalue weighted by molar-refractivity contribution is 0.515. The van der Waals surface area contributed by atoms with Crippen LogP contribution in [0.3, 0.4) is 0 Å². The summed E-state index contributed by atoms with van der Waals surface area (Å²) < 4.78 is 14.2. The first-order valence-corrected chi connectivity index (χ1v) is 5.08. The standard InChI is InChI=1S/C9H8Br2F/c1-6(5-12)7-3-2-4-8(10)9(7)11/h2-4H,5H2,1H3. The van der Waals surface area contributed by atoms with E-state index in [2.05, 4.69) is 31.9 Å². The van der Waals surface area contributed by atoms with Crippen LogP contribution in [0.4, 0.5) is 4.39 Å². The summed E-state index contributed by atoms with van der Waals surface area (Å²) in [5.41, 5.74) is 0.923. The maximum absolute atomic E-state index is 12.3. The average molecular weight is 295 g/mol. The minimum absolute atomic E-state index is 0.408. The molecule has 1 aromatic rings. The van der Waals surface area contributed by atoms with Gasteiger partial charge in [-0.1, -0.05) is 19.1 Å². The molecule has 3 heteroatoms. The summed E-state index contributed by atoms with van der Waals surface area (Å²) in [5.74, 6) is 0.739. The number of benzene rings is 1. The zero-order chi connectivity index (χ0) is 9.14. The quantitative estimate of drug-likeness (QED) is 0.769. The minimum Gasteiger partial charge on any atom is -0.250 e. The predicted molar refractivity (Wildman–Crippen MR) is 55.8 cm³/mol. The molecule has 0 atom stereocenters. The molecule has 0 bridgehead atoms. The van der Waals surface area contributed by atoms with Crippen molar-refractivity contribution in [3.05, 3.63) is 38.6 Å². The van der Waals surface area contributed by atoms with Gasteiger partial charge in [0.25, 0.3) is 0 Å². The van der Waals surface area contributed by atoms with Crippen LogP contribution >= 0.6 is 31.9 Å². The zero-order valence-electron chi connectivity index (χ0n) is 6.57. The summed E-state index contributed by atoms with van der Waals surface area (Å²) >= 11 is 6.75. The predicted octanol–water partition coefficient (Wildman–Crippen LogP) is 4.12. The monoisotopic (exact) mass is 293 g/mol. The van der Waals surface area contributed by atoms with Crippen LogP contribution in [0.5, 0.6) is 0 Å². The molecule has 1 rings (SSSR count). The number of rotatable bonds is 2. The molecule has 0 spiro atoms. The van der Waals surface area contributed by atoms with E-state index < -0.39 is 6.67 Å². The Hall–Kier alpha value is 0.110. The summed E-state index contributed by atoms with van der Waals surface area (Å²) in [5, 5.41) is 0. The first kappa shape index (κ1) is 10.2. The Bertz CT molecular complexity index is 273. The van der Waals surface area contributed by atoms with Crippen LogP contribution in [-0.4, -0.2) is 6.67 Å². The number of hydrogen-bond acceptors (Lipinski definition) is 0. The molecule has 0 aliphatic rings. The van der Waals surface area contributed by atoms with E-state index in [4.69, 9.17) is 0 Å². The van der Waals surface area contributed by atoms with E-state index in [0.29, 0.717) is 0 Å². The van der Waals surface area contributed by atoms with Gasteiger partial charge in [-0.15, -0.1) is 0 Å². The number of halogens is 3. The van der Waals surface area contributed by atoms with Crippen molar-refractivity contribution in [2.75, 3.05) is 6.67 Å². The maximum atomic E-state index is 12.3. The average Bonchev–Trinajstić information content (AvgIpc) is 2.08. The van der Waals surface area contributed by atoms with Gasteiger partial charge in [-0.2, -0.15) is 0 Å². The largest absolute Gasteiger partial charge is 0.250 e. The molecule has 0 aliphatic carbocycles. The van der Waals surface area contributed by atoms with Gasteiger partial charge in [-0.05, 0) is 43.5 Å². The van der Waals surface area contributed by atoms with E-state index in [1.807, 2.05) is 18.2 Å². The van der Waals surface area contributed by atoms with Crippen LogP contribution in [0.2, 0.25) is 0 Å². The second-order valence-corrected chi connectivity index (χ2v) is 4.16. The normalized spacial score (nSPS) is 10.8. The molecule has 0 N–H and O–H groups in total. The first-order valence-electron chi connectivity index (χ1n) is 3.49. The van der Waals surface area contributed by atoms with Gasteiger partial charge in [0.15, 0.2) is 0 Å². The fourth-order valence-electron chi connectivity index (χ4n) is 0.905. The van der Waals surface area contributed by atoms with Gasteiger partial charge < -0.3 is 0 Å². The second kappa shape index (κ2) is 4.38. The van der Waals surface area contributed by atoms with E-state index in [1.54, 1.807) is 6.92 Å². The van der Waals surface area contributed by atoms with Gasteiger partial charge >= 0.3 is 0 Å². The van der Waals surface area contributed by atoms with E-state index in [1.165, 1.54) is 0 Å². The van der Waals surface area contributed by atoms with E-state index in [9.17, 15) is 4.39 Å². The highest BCUT2D eigenvalue weighted by atomic mass is 79.9. The van der Waals surface area contributed by atoms with Crippen LogP contribution in [0.1, 0.15) is 12.5 Å². The Kier molecular flexibility index (Phi) is 3.72. The molecule has 1 aromatic carbocycles. The topological polar surface area (TPSA) is 0 Å². The van der Waals surface area contributed by atoms with Crippen LogP contribution in [0.15, 0.2) is 27.1 Å². The van der Waals surface area contributed by atoms with Crippen molar-refractivity contribution >= 4 is 31.9 Å². The van der Waals surface area contributed by atoms with Crippen molar-refractivity contribution in [3.63, 3.8) is 0 Å². The Labute approximate surface area is 88.4 Å². The lowest BCUT2D eigenvalue weighted by Gasteiger charge is -2.09. The van der Waals surface area contributed by atoms with Crippen molar-refractivity contribution in [1.29, 1.82) is 0 Å².